The lowest BCUT2D eigenvalue weighted by atomic mass is 10.2. The Labute approximate surface area is 135 Å². The number of halogens is 1. The molecule has 2 rings (SSSR count). The van der Waals surface area contributed by atoms with Crippen LogP contribution in [0.25, 0.3) is 0 Å². The third kappa shape index (κ3) is 5.86. The second kappa shape index (κ2) is 9.21. The van der Waals surface area contributed by atoms with Gasteiger partial charge in [0, 0.05) is 38.9 Å². The van der Waals surface area contributed by atoms with Gasteiger partial charge >= 0.3 is 0 Å². The second-order valence-corrected chi connectivity index (χ2v) is 4.95. The number of carbonyl (C=O) groups excluding carboxylic acids is 1. The molecule has 0 unspecified atom stereocenters. The number of hydrogen-bond acceptors (Lipinski definition) is 5. The number of aryl methyl sites for hydroxylation is 1. The molecule has 0 atom stereocenters. The van der Waals surface area contributed by atoms with Crippen molar-refractivity contribution in [1.82, 2.24) is 25.2 Å². The molecule has 10 heteroatoms. The van der Waals surface area contributed by atoms with Gasteiger partial charge in [0.05, 0.1) is 5.69 Å². The van der Waals surface area contributed by atoms with Crippen LogP contribution < -0.4 is 29.2 Å². The predicted molar refractivity (Wildman–Crippen MR) is 78.5 cm³/mol. The van der Waals surface area contributed by atoms with E-state index in [0.29, 0.717) is 6.54 Å². The minimum absolute atomic E-state index is 0. The topological polar surface area (TPSA) is 127 Å². The normalized spacial score (nSPS) is 14.3. The molecule has 9 nitrogen and oxygen atoms in total. The Morgan fingerprint density at radius 3 is 2.77 bits per heavy atom. The lowest BCUT2D eigenvalue weighted by molar-refractivity contribution is -0.132. The summed E-state index contributed by atoms with van der Waals surface area (Å²) in [6.07, 6.45) is 3.33. The van der Waals surface area contributed by atoms with Crippen LogP contribution in [0.15, 0.2) is 11.2 Å². The van der Waals surface area contributed by atoms with E-state index in [1.165, 1.54) is 0 Å². The number of piperazine rings is 1. The molecule has 0 spiro atoms. The first-order valence-electron chi connectivity index (χ1n) is 7.08. The van der Waals surface area contributed by atoms with Crippen LogP contribution in [0.3, 0.4) is 0 Å². The number of aromatic nitrogens is 3. The minimum Gasteiger partial charge on any atom is -1.00 e. The van der Waals surface area contributed by atoms with Crippen molar-refractivity contribution in [3.63, 3.8) is 0 Å². The van der Waals surface area contributed by atoms with Gasteiger partial charge < -0.3 is 34.1 Å². The van der Waals surface area contributed by atoms with E-state index in [4.69, 9.17) is 11.5 Å². The van der Waals surface area contributed by atoms with Crippen LogP contribution in [0.1, 0.15) is 12.1 Å². The predicted octanol–water partition coefficient (Wildman–Crippen LogP) is -5.08. The van der Waals surface area contributed by atoms with Crippen molar-refractivity contribution in [2.45, 2.75) is 19.4 Å². The number of guanidine groups is 1. The quantitative estimate of drug-likeness (QED) is 0.272. The molecule has 1 saturated heterocycles. The SMILES string of the molecule is NC(N)=NCCCc1cn(CC(=O)N2CCNCC2)nn1.[Cl-]. The Kier molecular flexibility index (Phi) is 7.61. The molecule has 1 aromatic heterocycles. The molecule has 1 fully saturated rings. The van der Waals surface area contributed by atoms with Crippen molar-refractivity contribution in [2.24, 2.45) is 16.5 Å². The fraction of sp³-hybridized carbons (Fsp3) is 0.667. The molecule has 124 valence electrons. The van der Waals surface area contributed by atoms with E-state index in [0.717, 1.165) is 44.7 Å². The third-order valence-corrected chi connectivity index (χ3v) is 3.24. The zero-order valence-electron chi connectivity index (χ0n) is 12.4. The van der Waals surface area contributed by atoms with Crippen LogP contribution in [0, 0.1) is 0 Å². The van der Waals surface area contributed by atoms with Gasteiger partial charge in [-0.3, -0.25) is 9.79 Å². The lowest BCUT2D eigenvalue weighted by Crippen LogP contribution is -3.00. The Morgan fingerprint density at radius 1 is 1.36 bits per heavy atom. The number of amides is 1. The smallest absolute Gasteiger partial charge is 0.244 e. The third-order valence-electron chi connectivity index (χ3n) is 3.24. The first kappa shape index (κ1) is 18.2. The molecule has 1 amide bonds. The molecule has 0 aromatic carbocycles. The van der Waals surface area contributed by atoms with Crippen LogP contribution in [0.2, 0.25) is 0 Å². The van der Waals surface area contributed by atoms with Crippen molar-refractivity contribution in [3.05, 3.63) is 11.9 Å². The molecule has 22 heavy (non-hydrogen) atoms. The zero-order chi connectivity index (χ0) is 15.1. The van der Waals surface area contributed by atoms with E-state index in [9.17, 15) is 4.79 Å². The van der Waals surface area contributed by atoms with Gasteiger partial charge in [0.15, 0.2) is 5.96 Å². The molecule has 0 aliphatic carbocycles. The summed E-state index contributed by atoms with van der Waals surface area (Å²) in [7, 11) is 0. The molecule has 1 aliphatic heterocycles. The number of hydrogen-bond donors (Lipinski definition) is 3. The highest BCUT2D eigenvalue weighted by atomic mass is 35.5. The summed E-state index contributed by atoms with van der Waals surface area (Å²) in [5.74, 6) is 0.175. The van der Waals surface area contributed by atoms with Gasteiger partial charge in [-0.15, -0.1) is 5.10 Å². The maximum Gasteiger partial charge on any atom is 0.244 e. The van der Waals surface area contributed by atoms with Gasteiger partial charge in [0.1, 0.15) is 6.54 Å². The van der Waals surface area contributed by atoms with E-state index >= 15 is 0 Å². The van der Waals surface area contributed by atoms with E-state index in [-0.39, 0.29) is 30.8 Å². The Hall–Kier alpha value is -1.87. The zero-order valence-corrected chi connectivity index (χ0v) is 13.2. The van der Waals surface area contributed by atoms with Gasteiger partial charge in [0.25, 0.3) is 0 Å². The highest BCUT2D eigenvalue weighted by molar-refractivity contribution is 5.76. The fourth-order valence-corrected chi connectivity index (χ4v) is 2.15. The standard InChI is InChI=1S/C12H22N8O.ClH/c13-12(14)16-3-1-2-10-8-20(18-17-10)9-11(21)19-6-4-15-5-7-19;/h8,15H,1-7,9H2,(H4,13,14,16);1H/p-1. The Bertz CT molecular complexity index is 493. The van der Waals surface area contributed by atoms with Crippen LogP contribution in [-0.4, -0.2) is 64.5 Å². The van der Waals surface area contributed by atoms with E-state index in [2.05, 4.69) is 20.6 Å². The monoisotopic (exact) mass is 329 g/mol. The van der Waals surface area contributed by atoms with Gasteiger partial charge in [-0.2, -0.15) is 0 Å². The summed E-state index contributed by atoms with van der Waals surface area (Å²) in [6, 6.07) is 0. The molecule has 0 saturated carbocycles. The molecular weight excluding hydrogens is 308 g/mol. The summed E-state index contributed by atoms with van der Waals surface area (Å²) in [5.41, 5.74) is 11.3. The Morgan fingerprint density at radius 2 is 2.09 bits per heavy atom. The molecule has 5 N–H and O–H groups in total. The summed E-state index contributed by atoms with van der Waals surface area (Å²) < 4.78 is 1.58. The van der Waals surface area contributed by atoms with Crippen molar-refractivity contribution in [3.8, 4) is 0 Å². The van der Waals surface area contributed by atoms with Gasteiger partial charge in [-0.1, -0.05) is 5.21 Å². The number of carbonyl (C=O) groups is 1. The van der Waals surface area contributed by atoms with Crippen LogP contribution >= 0.6 is 0 Å². The number of nitrogens with one attached hydrogen (secondary N) is 1. The molecule has 0 bridgehead atoms. The minimum atomic E-state index is 0. The van der Waals surface area contributed by atoms with Gasteiger partial charge in [0.2, 0.25) is 5.91 Å². The Balaban J connectivity index is 0.00000242. The summed E-state index contributed by atoms with van der Waals surface area (Å²) in [6.45, 7) is 3.99. The lowest BCUT2D eigenvalue weighted by Gasteiger charge is -2.27. The van der Waals surface area contributed by atoms with E-state index in [1.54, 1.807) is 10.9 Å². The number of nitrogens with zero attached hydrogens (tertiary/aromatic N) is 5. The average Bonchev–Trinajstić information content (AvgIpc) is 2.92. The van der Waals surface area contributed by atoms with Crippen LogP contribution in [0.5, 0.6) is 0 Å². The fourth-order valence-electron chi connectivity index (χ4n) is 2.15. The highest BCUT2D eigenvalue weighted by Crippen LogP contribution is 2.01. The summed E-state index contributed by atoms with van der Waals surface area (Å²) >= 11 is 0. The van der Waals surface area contributed by atoms with Crippen molar-refractivity contribution >= 4 is 11.9 Å². The second-order valence-electron chi connectivity index (χ2n) is 4.95. The number of aliphatic imine (C=N–C) groups is 1. The van der Waals surface area contributed by atoms with E-state index < -0.39 is 0 Å². The summed E-state index contributed by atoms with van der Waals surface area (Å²) in [5, 5.41) is 11.3. The molecular formula is C12H22ClN8O-. The van der Waals surface area contributed by atoms with Gasteiger partial charge in [-0.25, -0.2) is 4.68 Å². The molecule has 0 radical (unpaired) electrons. The molecule has 1 aromatic rings. The van der Waals surface area contributed by atoms with E-state index in [1.807, 2.05) is 4.90 Å². The average molecular weight is 330 g/mol. The van der Waals surface area contributed by atoms with Crippen molar-refractivity contribution < 1.29 is 17.2 Å². The number of rotatable bonds is 6. The maximum atomic E-state index is 12.1. The van der Waals surface area contributed by atoms with Crippen LogP contribution in [-0.2, 0) is 17.8 Å². The van der Waals surface area contributed by atoms with Crippen LogP contribution in [0.4, 0.5) is 0 Å². The first-order valence-corrected chi connectivity index (χ1v) is 7.08. The molecule has 1 aliphatic rings. The first-order chi connectivity index (χ1) is 10.1. The number of nitrogens with two attached hydrogens (primary N) is 2. The highest BCUT2D eigenvalue weighted by Gasteiger charge is 2.16. The molecule has 2 heterocycles. The van der Waals surface area contributed by atoms with Crippen molar-refractivity contribution in [1.29, 1.82) is 0 Å². The van der Waals surface area contributed by atoms with Gasteiger partial charge in [-0.05, 0) is 12.8 Å². The maximum absolute atomic E-state index is 12.1. The van der Waals surface area contributed by atoms with Crippen molar-refractivity contribution in [2.75, 3.05) is 32.7 Å². The summed E-state index contributed by atoms with van der Waals surface area (Å²) in [4.78, 5) is 17.8. The largest absolute Gasteiger partial charge is 1.00 e.